The highest BCUT2D eigenvalue weighted by Gasteiger charge is 2.05. The summed E-state index contributed by atoms with van der Waals surface area (Å²) in [5.41, 5.74) is 4.48. The molecule has 3 aromatic rings. The molecule has 1 heterocycles. The highest BCUT2D eigenvalue weighted by Crippen LogP contribution is 2.24. The quantitative estimate of drug-likeness (QED) is 0.621. The number of hydrogen-bond donors (Lipinski definition) is 0. The molecule has 1 aromatic heterocycles. The van der Waals surface area contributed by atoms with E-state index in [9.17, 15) is 0 Å². The minimum Gasteiger partial charge on any atom is -0.256 e. The second-order valence-electron chi connectivity index (χ2n) is 4.55. The maximum Gasteiger partial charge on any atom is 0.0708 e. The van der Waals surface area contributed by atoms with Gasteiger partial charge in [-0.2, -0.15) is 0 Å². The van der Waals surface area contributed by atoms with Gasteiger partial charge in [-0.05, 0) is 29.3 Å². The Balaban J connectivity index is 2.12. The van der Waals surface area contributed by atoms with Crippen molar-refractivity contribution in [2.24, 2.45) is 0 Å². The number of benzene rings is 2. The Morgan fingerprint density at radius 3 is 2.00 bits per heavy atom. The van der Waals surface area contributed by atoms with Crippen molar-refractivity contribution in [3.63, 3.8) is 0 Å². The van der Waals surface area contributed by atoms with Gasteiger partial charge in [-0.1, -0.05) is 66.7 Å². The summed E-state index contributed by atoms with van der Waals surface area (Å²) in [4.78, 5) is 4.48. The van der Waals surface area contributed by atoms with Crippen molar-refractivity contribution in [3.8, 4) is 0 Å². The first-order chi connectivity index (χ1) is 9.93. The molecule has 0 atom stereocenters. The average molecular weight is 257 g/mol. The topological polar surface area (TPSA) is 12.9 Å². The molecular weight excluding hydrogens is 242 g/mol. The molecule has 0 saturated carbocycles. The number of rotatable bonds is 3. The lowest BCUT2D eigenvalue weighted by molar-refractivity contribution is 1.28. The predicted octanol–water partition coefficient (Wildman–Crippen LogP) is 4.67. The minimum atomic E-state index is 0.988. The van der Waals surface area contributed by atoms with Crippen LogP contribution in [0.4, 0.5) is 0 Å². The van der Waals surface area contributed by atoms with Gasteiger partial charge >= 0.3 is 0 Å². The summed E-state index contributed by atoms with van der Waals surface area (Å²) < 4.78 is 0. The fourth-order valence-electron chi connectivity index (χ4n) is 2.16. The zero-order valence-corrected chi connectivity index (χ0v) is 11.1. The number of hydrogen-bond acceptors (Lipinski definition) is 1. The van der Waals surface area contributed by atoms with Crippen LogP contribution in [0.2, 0.25) is 0 Å². The lowest BCUT2D eigenvalue weighted by Crippen LogP contribution is -1.91. The molecule has 96 valence electrons. The highest BCUT2D eigenvalue weighted by molar-refractivity contribution is 5.90. The molecule has 0 amide bonds. The van der Waals surface area contributed by atoms with Gasteiger partial charge < -0.3 is 0 Å². The van der Waals surface area contributed by atoms with Crippen molar-refractivity contribution in [1.82, 2.24) is 4.98 Å². The van der Waals surface area contributed by atoms with E-state index in [0.29, 0.717) is 0 Å². The van der Waals surface area contributed by atoms with Gasteiger partial charge in [0.15, 0.2) is 0 Å². The molecule has 0 bridgehead atoms. The van der Waals surface area contributed by atoms with E-state index >= 15 is 0 Å². The number of pyridine rings is 1. The maximum atomic E-state index is 4.48. The Bertz CT molecular complexity index is 644. The Kier molecular flexibility index (Phi) is 3.70. The first-order valence-corrected chi connectivity index (χ1v) is 6.67. The summed E-state index contributed by atoms with van der Waals surface area (Å²) >= 11 is 0. The van der Waals surface area contributed by atoms with Crippen molar-refractivity contribution in [1.29, 1.82) is 0 Å². The Hall–Kier alpha value is -2.67. The third kappa shape index (κ3) is 2.83. The Morgan fingerprint density at radius 1 is 0.700 bits per heavy atom. The highest BCUT2D eigenvalue weighted by atomic mass is 14.7. The van der Waals surface area contributed by atoms with E-state index in [-0.39, 0.29) is 0 Å². The van der Waals surface area contributed by atoms with Crippen LogP contribution in [0, 0.1) is 0 Å². The van der Waals surface area contributed by atoms with Crippen LogP contribution in [0.1, 0.15) is 16.8 Å². The number of nitrogens with zero attached hydrogens (tertiary/aromatic N) is 1. The minimum absolute atomic E-state index is 0.988. The summed E-state index contributed by atoms with van der Waals surface area (Å²) in [6.45, 7) is 0. The number of aromatic nitrogens is 1. The van der Waals surface area contributed by atoms with E-state index in [1.807, 2.05) is 48.7 Å². The molecule has 0 fully saturated rings. The monoisotopic (exact) mass is 257 g/mol. The van der Waals surface area contributed by atoms with Gasteiger partial charge in [0, 0.05) is 11.8 Å². The molecule has 20 heavy (non-hydrogen) atoms. The summed E-state index contributed by atoms with van der Waals surface area (Å²) in [6, 6.07) is 26.7. The van der Waals surface area contributed by atoms with E-state index in [1.54, 1.807) is 0 Å². The molecule has 0 aliphatic carbocycles. The van der Waals surface area contributed by atoms with E-state index in [4.69, 9.17) is 0 Å². The summed E-state index contributed by atoms with van der Waals surface area (Å²) in [5, 5.41) is 0. The predicted molar refractivity (Wildman–Crippen MR) is 84.1 cm³/mol. The van der Waals surface area contributed by atoms with E-state index in [0.717, 1.165) is 11.3 Å². The standard InChI is InChI=1S/C19H15N/c1-3-9-16(10-4-1)15-18(17-11-5-2-6-12-17)19-13-7-8-14-20-19/h1-15H/b18-15-. The van der Waals surface area contributed by atoms with E-state index < -0.39 is 0 Å². The first kappa shape index (κ1) is 12.4. The molecule has 1 heteroatoms. The van der Waals surface area contributed by atoms with Crippen LogP contribution < -0.4 is 0 Å². The van der Waals surface area contributed by atoms with Gasteiger partial charge in [-0.15, -0.1) is 0 Å². The van der Waals surface area contributed by atoms with Crippen molar-refractivity contribution >= 4 is 11.6 Å². The van der Waals surface area contributed by atoms with Gasteiger partial charge in [0.2, 0.25) is 0 Å². The smallest absolute Gasteiger partial charge is 0.0708 e. The molecule has 0 radical (unpaired) electrons. The third-order valence-corrected chi connectivity index (χ3v) is 3.14. The molecule has 0 saturated heterocycles. The molecule has 0 spiro atoms. The Morgan fingerprint density at radius 2 is 1.35 bits per heavy atom. The maximum absolute atomic E-state index is 4.48. The van der Waals surface area contributed by atoms with E-state index in [1.165, 1.54) is 11.1 Å². The lowest BCUT2D eigenvalue weighted by Gasteiger charge is -2.07. The molecule has 0 unspecified atom stereocenters. The molecule has 3 rings (SSSR count). The second-order valence-corrected chi connectivity index (χ2v) is 4.55. The van der Waals surface area contributed by atoms with Crippen molar-refractivity contribution in [2.45, 2.75) is 0 Å². The largest absolute Gasteiger partial charge is 0.256 e. The fraction of sp³-hybridized carbons (Fsp3) is 0. The summed E-state index contributed by atoms with van der Waals surface area (Å²) in [5.74, 6) is 0. The summed E-state index contributed by atoms with van der Waals surface area (Å²) in [6.07, 6.45) is 4.01. The van der Waals surface area contributed by atoms with Crippen LogP contribution >= 0.6 is 0 Å². The van der Waals surface area contributed by atoms with Gasteiger partial charge in [-0.25, -0.2) is 0 Å². The lowest BCUT2D eigenvalue weighted by atomic mass is 9.99. The first-order valence-electron chi connectivity index (χ1n) is 6.67. The van der Waals surface area contributed by atoms with Gasteiger partial charge in [0.05, 0.1) is 5.69 Å². The van der Waals surface area contributed by atoms with Crippen LogP contribution in [0.5, 0.6) is 0 Å². The van der Waals surface area contributed by atoms with Crippen LogP contribution in [-0.4, -0.2) is 4.98 Å². The van der Waals surface area contributed by atoms with E-state index in [2.05, 4.69) is 47.5 Å². The van der Waals surface area contributed by atoms with Gasteiger partial charge in [0.1, 0.15) is 0 Å². The molecule has 0 aliphatic rings. The molecular formula is C19H15N. The normalized spacial score (nSPS) is 11.3. The van der Waals surface area contributed by atoms with Crippen LogP contribution in [-0.2, 0) is 0 Å². The van der Waals surface area contributed by atoms with Crippen LogP contribution in [0.25, 0.3) is 11.6 Å². The third-order valence-electron chi connectivity index (χ3n) is 3.14. The summed E-state index contributed by atoms with van der Waals surface area (Å²) in [7, 11) is 0. The molecule has 0 aliphatic heterocycles. The molecule has 1 nitrogen and oxygen atoms in total. The zero-order valence-electron chi connectivity index (χ0n) is 11.1. The van der Waals surface area contributed by atoms with Gasteiger partial charge in [-0.3, -0.25) is 4.98 Å². The average Bonchev–Trinajstić information content (AvgIpc) is 2.55. The Labute approximate surface area is 119 Å². The SMILES string of the molecule is C(=C(\c1ccccc1)c1ccccn1)/c1ccccc1. The zero-order chi connectivity index (χ0) is 13.6. The van der Waals surface area contributed by atoms with Crippen molar-refractivity contribution in [3.05, 3.63) is 102 Å². The fourth-order valence-corrected chi connectivity index (χ4v) is 2.16. The van der Waals surface area contributed by atoms with Crippen LogP contribution in [0.3, 0.4) is 0 Å². The van der Waals surface area contributed by atoms with Crippen molar-refractivity contribution < 1.29 is 0 Å². The van der Waals surface area contributed by atoms with Gasteiger partial charge in [0.25, 0.3) is 0 Å². The van der Waals surface area contributed by atoms with Crippen molar-refractivity contribution in [2.75, 3.05) is 0 Å². The molecule has 2 aromatic carbocycles. The van der Waals surface area contributed by atoms with Crippen LogP contribution in [0.15, 0.2) is 85.1 Å². The second kappa shape index (κ2) is 5.98. The molecule has 0 N–H and O–H groups in total.